The van der Waals surface area contributed by atoms with Crippen molar-refractivity contribution in [3.8, 4) is 11.3 Å². The lowest BCUT2D eigenvalue weighted by Gasteiger charge is -2.28. The summed E-state index contributed by atoms with van der Waals surface area (Å²) in [4.78, 5) is 18.0. The molecule has 0 unspecified atom stereocenters. The van der Waals surface area contributed by atoms with Crippen LogP contribution in [0.1, 0.15) is 18.9 Å². The van der Waals surface area contributed by atoms with E-state index in [4.69, 9.17) is 5.73 Å². The number of aryl methyl sites for hydroxylation is 1. The number of fused-ring (bicyclic) bond motifs is 1. The fourth-order valence-corrected chi connectivity index (χ4v) is 3.06. The Kier molecular flexibility index (Phi) is 2.98. The number of hydrogen-bond acceptors (Lipinski definition) is 4. The molecule has 0 bridgehead atoms. The molecule has 1 aromatic carbocycles. The highest BCUT2D eigenvalue weighted by Gasteiger charge is 2.23. The van der Waals surface area contributed by atoms with Crippen molar-refractivity contribution < 1.29 is 4.79 Å². The number of hydrogen-bond donors (Lipinski definition) is 1. The van der Waals surface area contributed by atoms with Gasteiger partial charge in [0.2, 0.25) is 5.91 Å². The van der Waals surface area contributed by atoms with E-state index in [1.165, 1.54) is 16.9 Å². The molecule has 0 saturated carbocycles. The Labute approximate surface area is 115 Å². The number of nitrogens with zero attached hydrogens (tertiary/aromatic N) is 2. The third-order valence-electron chi connectivity index (χ3n) is 3.41. The highest BCUT2D eigenvalue weighted by atomic mass is 32.1. The molecule has 4 nitrogen and oxygen atoms in total. The molecule has 19 heavy (non-hydrogen) atoms. The van der Waals surface area contributed by atoms with Gasteiger partial charge in [0.05, 0.1) is 5.69 Å². The van der Waals surface area contributed by atoms with Crippen LogP contribution in [0.2, 0.25) is 0 Å². The number of thiazole rings is 1. The maximum Gasteiger partial charge on any atom is 0.227 e. The smallest absolute Gasteiger partial charge is 0.227 e. The van der Waals surface area contributed by atoms with Gasteiger partial charge < -0.3 is 10.6 Å². The summed E-state index contributed by atoms with van der Waals surface area (Å²) in [6.45, 7) is 2.72. The summed E-state index contributed by atoms with van der Waals surface area (Å²) in [5.41, 5.74) is 9.89. The second-order valence-corrected chi connectivity index (χ2v) is 5.44. The highest BCUT2D eigenvalue weighted by Crippen LogP contribution is 2.32. The summed E-state index contributed by atoms with van der Waals surface area (Å²) < 4.78 is 0. The maximum atomic E-state index is 11.8. The SMILES string of the molecule is CCN1C(=O)CCc2cc(-c3csc(N)n3)ccc21. The van der Waals surface area contributed by atoms with Gasteiger partial charge in [-0.1, -0.05) is 6.07 Å². The van der Waals surface area contributed by atoms with E-state index in [9.17, 15) is 4.79 Å². The summed E-state index contributed by atoms with van der Waals surface area (Å²) >= 11 is 1.44. The van der Waals surface area contributed by atoms with E-state index in [0.29, 0.717) is 11.6 Å². The van der Waals surface area contributed by atoms with Gasteiger partial charge in [-0.15, -0.1) is 11.3 Å². The molecule has 0 spiro atoms. The van der Waals surface area contributed by atoms with Crippen molar-refractivity contribution in [3.63, 3.8) is 0 Å². The van der Waals surface area contributed by atoms with Gasteiger partial charge in [0.25, 0.3) is 0 Å². The number of carbonyl (C=O) groups excluding carboxylic acids is 1. The lowest BCUT2D eigenvalue weighted by molar-refractivity contribution is -0.118. The summed E-state index contributed by atoms with van der Waals surface area (Å²) in [7, 11) is 0. The van der Waals surface area contributed by atoms with Crippen molar-refractivity contribution >= 4 is 28.1 Å². The molecule has 1 aromatic heterocycles. The molecule has 1 amide bonds. The zero-order valence-corrected chi connectivity index (χ0v) is 11.5. The van der Waals surface area contributed by atoms with E-state index >= 15 is 0 Å². The normalized spacial score (nSPS) is 14.6. The van der Waals surface area contributed by atoms with Crippen LogP contribution in [0.3, 0.4) is 0 Å². The van der Waals surface area contributed by atoms with Crippen molar-refractivity contribution in [2.24, 2.45) is 0 Å². The zero-order valence-electron chi connectivity index (χ0n) is 10.7. The highest BCUT2D eigenvalue weighted by molar-refractivity contribution is 7.13. The molecule has 5 heteroatoms. The Balaban J connectivity index is 2.03. The molecule has 0 saturated heterocycles. The van der Waals surface area contributed by atoms with Crippen LogP contribution in [-0.2, 0) is 11.2 Å². The van der Waals surface area contributed by atoms with E-state index in [1.807, 2.05) is 29.3 Å². The minimum atomic E-state index is 0.209. The Morgan fingerprint density at radius 3 is 2.95 bits per heavy atom. The molecule has 0 radical (unpaired) electrons. The fraction of sp³-hybridized carbons (Fsp3) is 0.286. The maximum absolute atomic E-state index is 11.8. The standard InChI is InChI=1S/C14H15N3OS/c1-2-17-12-5-3-9(11-8-19-14(15)16-11)7-10(12)4-6-13(17)18/h3,5,7-8H,2,4,6H2,1H3,(H2,15,16). The Bertz CT molecular complexity index is 635. The predicted molar refractivity (Wildman–Crippen MR) is 78.3 cm³/mol. The average molecular weight is 273 g/mol. The van der Waals surface area contributed by atoms with Gasteiger partial charge in [-0.3, -0.25) is 4.79 Å². The van der Waals surface area contributed by atoms with E-state index in [1.54, 1.807) is 0 Å². The van der Waals surface area contributed by atoms with E-state index in [-0.39, 0.29) is 5.91 Å². The molecule has 0 fully saturated rings. The number of aromatic nitrogens is 1. The van der Waals surface area contributed by atoms with Gasteiger partial charge in [0.15, 0.2) is 5.13 Å². The first-order valence-corrected chi connectivity index (χ1v) is 7.21. The molecule has 2 heterocycles. The largest absolute Gasteiger partial charge is 0.375 e. The van der Waals surface area contributed by atoms with Gasteiger partial charge in [-0.2, -0.15) is 0 Å². The second-order valence-electron chi connectivity index (χ2n) is 4.55. The van der Waals surface area contributed by atoms with E-state index in [2.05, 4.69) is 11.1 Å². The number of anilines is 2. The number of benzene rings is 1. The van der Waals surface area contributed by atoms with Crippen LogP contribution >= 0.6 is 11.3 Å². The Hall–Kier alpha value is -1.88. The molecular formula is C14H15N3OS. The molecule has 1 aliphatic rings. The van der Waals surface area contributed by atoms with Crippen molar-refractivity contribution in [3.05, 3.63) is 29.1 Å². The van der Waals surface area contributed by atoms with E-state index < -0.39 is 0 Å². The molecule has 1 aliphatic heterocycles. The van der Waals surface area contributed by atoms with Crippen LogP contribution in [0.15, 0.2) is 23.6 Å². The topological polar surface area (TPSA) is 59.2 Å². The number of nitrogens with two attached hydrogens (primary N) is 1. The molecule has 2 N–H and O–H groups in total. The predicted octanol–water partition coefficient (Wildman–Crippen LogP) is 2.69. The zero-order chi connectivity index (χ0) is 13.4. The van der Waals surface area contributed by atoms with E-state index in [0.717, 1.165) is 29.9 Å². The fourth-order valence-electron chi connectivity index (χ4n) is 2.49. The van der Waals surface area contributed by atoms with Gasteiger partial charge in [0, 0.05) is 29.6 Å². The summed E-state index contributed by atoms with van der Waals surface area (Å²) in [5, 5.41) is 2.54. The lowest BCUT2D eigenvalue weighted by Crippen LogP contribution is -2.34. The van der Waals surface area contributed by atoms with Gasteiger partial charge >= 0.3 is 0 Å². The first kappa shape index (κ1) is 12.2. The summed E-state index contributed by atoms with van der Waals surface area (Å²) in [6, 6.07) is 6.15. The minimum absolute atomic E-state index is 0.209. The minimum Gasteiger partial charge on any atom is -0.375 e. The van der Waals surface area contributed by atoms with Crippen LogP contribution in [0.25, 0.3) is 11.3 Å². The summed E-state index contributed by atoms with van der Waals surface area (Å²) in [6.07, 6.45) is 1.39. The van der Waals surface area contributed by atoms with Crippen molar-refractivity contribution in [1.82, 2.24) is 4.98 Å². The van der Waals surface area contributed by atoms with Crippen molar-refractivity contribution in [2.45, 2.75) is 19.8 Å². The third kappa shape index (κ3) is 2.10. The summed E-state index contributed by atoms with van der Waals surface area (Å²) in [5.74, 6) is 0.209. The van der Waals surface area contributed by atoms with Crippen LogP contribution < -0.4 is 10.6 Å². The Morgan fingerprint density at radius 2 is 2.26 bits per heavy atom. The van der Waals surface area contributed by atoms with Crippen LogP contribution in [-0.4, -0.2) is 17.4 Å². The molecule has 0 aliphatic carbocycles. The second kappa shape index (κ2) is 4.66. The molecule has 2 aromatic rings. The number of nitrogen functional groups attached to an aromatic ring is 1. The van der Waals surface area contributed by atoms with Crippen LogP contribution in [0, 0.1) is 0 Å². The molecule has 98 valence electrons. The van der Waals surface area contributed by atoms with Crippen LogP contribution in [0.5, 0.6) is 0 Å². The first-order valence-electron chi connectivity index (χ1n) is 6.33. The quantitative estimate of drug-likeness (QED) is 0.915. The van der Waals surface area contributed by atoms with Crippen molar-refractivity contribution in [2.75, 3.05) is 17.2 Å². The number of rotatable bonds is 2. The average Bonchev–Trinajstić information content (AvgIpc) is 2.85. The van der Waals surface area contributed by atoms with Crippen LogP contribution in [0.4, 0.5) is 10.8 Å². The van der Waals surface area contributed by atoms with Gasteiger partial charge in [-0.05, 0) is 31.0 Å². The number of amides is 1. The molecule has 3 rings (SSSR count). The van der Waals surface area contributed by atoms with Gasteiger partial charge in [0.1, 0.15) is 0 Å². The first-order chi connectivity index (χ1) is 9.19. The van der Waals surface area contributed by atoms with Crippen molar-refractivity contribution in [1.29, 1.82) is 0 Å². The monoisotopic (exact) mass is 273 g/mol. The third-order valence-corrected chi connectivity index (χ3v) is 4.09. The lowest BCUT2D eigenvalue weighted by atomic mass is 9.98. The molecular weight excluding hydrogens is 258 g/mol. The van der Waals surface area contributed by atoms with Gasteiger partial charge in [-0.25, -0.2) is 4.98 Å². The molecule has 0 atom stereocenters. The number of carbonyl (C=O) groups is 1. The Morgan fingerprint density at radius 1 is 1.42 bits per heavy atom.